The lowest BCUT2D eigenvalue weighted by atomic mass is 9.77. The van der Waals surface area contributed by atoms with Gasteiger partial charge in [0.2, 0.25) is 0 Å². The zero-order chi connectivity index (χ0) is 12.0. The number of rotatable bonds is 5. The van der Waals surface area contributed by atoms with Crippen LogP contribution in [0.4, 0.5) is 0 Å². The average Bonchev–Trinajstić information content (AvgIpc) is 2.30. The minimum atomic E-state index is -0.344. The van der Waals surface area contributed by atoms with Gasteiger partial charge in [-0.05, 0) is 18.4 Å². The molecule has 0 saturated carbocycles. The van der Waals surface area contributed by atoms with Crippen LogP contribution >= 0.6 is 0 Å². The normalized spacial score (nSPS) is 13.1. The van der Waals surface area contributed by atoms with Crippen LogP contribution in [0.5, 0.6) is 0 Å². The third kappa shape index (κ3) is 3.12. The molecule has 0 aliphatic rings. The number of terminal acetylenes is 1. The molecule has 1 N–H and O–H groups in total. The Labute approximate surface area is 98.5 Å². The predicted octanol–water partition coefficient (Wildman–Crippen LogP) is 3.13. The smallest absolute Gasteiger partial charge is 0.0631 e. The maximum atomic E-state index is 10.2. The Balaban J connectivity index is 2.67. The van der Waals surface area contributed by atoms with Crippen LogP contribution in [-0.2, 0) is 5.41 Å². The van der Waals surface area contributed by atoms with E-state index in [2.05, 4.69) is 31.9 Å². The third-order valence-corrected chi connectivity index (χ3v) is 3.15. The molecule has 0 heterocycles. The lowest BCUT2D eigenvalue weighted by Crippen LogP contribution is -2.33. The summed E-state index contributed by atoms with van der Waals surface area (Å²) in [6, 6.07) is 10.1. The Kier molecular flexibility index (Phi) is 4.58. The zero-order valence-corrected chi connectivity index (χ0v) is 10.1. The quantitative estimate of drug-likeness (QED) is 0.592. The van der Waals surface area contributed by atoms with Crippen LogP contribution in [0.1, 0.15) is 38.7 Å². The second-order valence-electron chi connectivity index (χ2n) is 4.70. The standard InChI is InChI=1S/C15H20O/c1-4-5-7-12-14(16)15(2,3)13-10-8-6-9-11-13/h1,6,8-11,14,16H,5,7,12H2,2-3H3. The average molecular weight is 216 g/mol. The van der Waals surface area contributed by atoms with Gasteiger partial charge in [-0.3, -0.25) is 0 Å². The van der Waals surface area contributed by atoms with Crippen LogP contribution in [0, 0.1) is 12.3 Å². The second-order valence-corrected chi connectivity index (χ2v) is 4.70. The van der Waals surface area contributed by atoms with Gasteiger partial charge in [0, 0.05) is 11.8 Å². The first kappa shape index (κ1) is 12.8. The summed E-state index contributed by atoms with van der Waals surface area (Å²) >= 11 is 0. The van der Waals surface area contributed by atoms with Crippen molar-refractivity contribution in [3.05, 3.63) is 35.9 Å². The molecule has 0 amide bonds. The largest absolute Gasteiger partial charge is 0.392 e. The van der Waals surface area contributed by atoms with Crippen LogP contribution < -0.4 is 0 Å². The van der Waals surface area contributed by atoms with Gasteiger partial charge in [-0.2, -0.15) is 0 Å². The van der Waals surface area contributed by atoms with Crippen molar-refractivity contribution in [3.63, 3.8) is 0 Å². The molecule has 1 aromatic carbocycles. The summed E-state index contributed by atoms with van der Waals surface area (Å²) in [4.78, 5) is 0. The van der Waals surface area contributed by atoms with E-state index in [0.29, 0.717) is 0 Å². The molecular weight excluding hydrogens is 196 g/mol. The van der Waals surface area contributed by atoms with E-state index in [0.717, 1.165) is 19.3 Å². The Morgan fingerprint density at radius 3 is 2.50 bits per heavy atom. The number of hydrogen-bond donors (Lipinski definition) is 1. The summed E-state index contributed by atoms with van der Waals surface area (Å²) in [6.45, 7) is 4.14. The molecule has 0 fully saturated rings. The maximum absolute atomic E-state index is 10.2. The summed E-state index contributed by atoms with van der Waals surface area (Å²) in [7, 11) is 0. The Morgan fingerprint density at radius 1 is 1.31 bits per heavy atom. The van der Waals surface area contributed by atoms with E-state index in [1.165, 1.54) is 5.56 Å². The van der Waals surface area contributed by atoms with Crippen LogP contribution in [-0.4, -0.2) is 11.2 Å². The van der Waals surface area contributed by atoms with Gasteiger partial charge in [0.05, 0.1) is 6.10 Å². The fourth-order valence-corrected chi connectivity index (χ4v) is 1.82. The third-order valence-electron chi connectivity index (χ3n) is 3.15. The highest BCUT2D eigenvalue weighted by atomic mass is 16.3. The van der Waals surface area contributed by atoms with Gasteiger partial charge in [0.25, 0.3) is 0 Å². The molecule has 1 atom stereocenters. The molecule has 1 nitrogen and oxygen atoms in total. The van der Waals surface area contributed by atoms with E-state index < -0.39 is 0 Å². The molecule has 1 rings (SSSR count). The van der Waals surface area contributed by atoms with Crippen LogP contribution in [0.2, 0.25) is 0 Å². The summed E-state index contributed by atoms with van der Waals surface area (Å²) in [6.07, 6.45) is 7.24. The van der Waals surface area contributed by atoms with Crippen LogP contribution in [0.3, 0.4) is 0 Å². The lowest BCUT2D eigenvalue weighted by molar-refractivity contribution is 0.0896. The van der Waals surface area contributed by atoms with Gasteiger partial charge in [0.1, 0.15) is 0 Å². The van der Waals surface area contributed by atoms with Gasteiger partial charge in [0.15, 0.2) is 0 Å². The van der Waals surface area contributed by atoms with Crippen LogP contribution in [0.25, 0.3) is 0 Å². The molecule has 0 aromatic heterocycles. The van der Waals surface area contributed by atoms with E-state index in [-0.39, 0.29) is 11.5 Å². The van der Waals surface area contributed by atoms with Crippen molar-refractivity contribution in [2.45, 2.75) is 44.6 Å². The number of unbranched alkanes of at least 4 members (excludes halogenated alkanes) is 1. The van der Waals surface area contributed by atoms with Gasteiger partial charge >= 0.3 is 0 Å². The SMILES string of the molecule is C#CCCCC(O)C(C)(C)c1ccccc1. The van der Waals surface area contributed by atoms with E-state index in [1.807, 2.05) is 18.2 Å². The van der Waals surface area contributed by atoms with Crippen molar-refractivity contribution in [3.8, 4) is 12.3 Å². The number of aliphatic hydroxyl groups is 1. The molecule has 16 heavy (non-hydrogen) atoms. The number of aliphatic hydroxyl groups excluding tert-OH is 1. The minimum absolute atomic E-state index is 0.212. The molecule has 1 heteroatoms. The summed E-state index contributed by atoms with van der Waals surface area (Å²) in [5.41, 5.74) is 0.957. The molecule has 0 bridgehead atoms. The van der Waals surface area contributed by atoms with E-state index in [1.54, 1.807) is 0 Å². The fraction of sp³-hybridized carbons (Fsp3) is 0.467. The second kappa shape index (κ2) is 5.72. The highest BCUT2D eigenvalue weighted by Gasteiger charge is 2.28. The van der Waals surface area contributed by atoms with Gasteiger partial charge in [-0.15, -0.1) is 12.3 Å². The molecule has 0 aliphatic heterocycles. The van der Waals surface area contributed by atoms with Crippen LogP contribution in [0.15, 0.2) is 30.3 Å². The van der Waals surface area contributed by atoms with Gasteiger partial charge in [-0.25, -0.2) is 0 Å². The molecule has 86 valence electrons. The summed E-state index contributed by atoms with van der Waals surface area (Å²) < 4.78 is 0. The lowest BCUT2D eigenvalue weighted by Gasteiger charge is -2.31. The van der Waals surface area contributed by atoms with E-state index >= 15 is 0 Å². The minimum Gasteiger partial charge on any atom is -0.392 e. The monoisotopic (exact) mass is 216 g/mol. The first-order valence-electron chi connectivity index (χ1n) is 5.76. The first-order chi connectivity index (χ1) is 7.59. The molecule has 1 aromatic rings. The number of benzene rings is 1. The van der Waals surface area contributed by atoms with Gasteiger partial charge < -0.3 is 5.11 Å². The molecular formula is C15H20O. The molecule has 0 spiro atoms. The first-order valence-corrected chi connectivity index (χ1v) is 5.76. The number of hydrogen-bond acceptors (Lipinski definition) is 1. The van der Waals surface area contributed by atoms with Crippen molar-refractivity contribution in [2.24, 2.45) is 0 Å². The molecule has 0 aliphatic carbocycles. The molecule has 1 unspecified atom stereocenters. The van der Waals surface area contributed by atoms with Crippen molar-refractivity contribution in [2.75, 3.05) is 0 Å². The predicted molar refractivity (Wildman–Crippen MR) is 68.2 cm³/mol. The van der Waals surface area contributed by atoms with Gasteiger partial charge in [-0.1, -0.05) is 44.2 Å². The van der Waals surface area contributed by atoms with Crippen molar-refractivity contribution in [1.29, 1.82) is 0 Å². The summed E-state index contributed by atoms with van der Waals surface area (Å²) in [5.74, 6) is 2.60. The fourth-order valence-electron chi connectivity index (χ4n) is 1.82. The van der Waals surface area contributed by atoms with Crippen molar-refractivity contribution < 1.29 is 5.11 Å². The van der Waals surface area contributed by atoms with E-state index in [4.69, 9.17) is 6.42 Å². The van der Waals surface area contributed by atoms with Crippen molar-refractivity contribution >= 4 is 0 Å². The van der Waals surface area contributed by atoms with Crippen molar-refractivity contribution in [1.82, 2.24) is 0 Å². The maximum Gasteiger partial charge on any atom is 0.0631 e. The highest BCUT2D eigenvalue weighted by Crippen LogP contribution is 2.29. The molecule has 0 radical (unpaired) electrons. The highest BCUT2D eigenvalue weighted by molar-refractivity contribution is 5.24. The zero-order valence-electron chi connectivity index (χ0n) is 10.1. The Bertz CT molecular complexity index is 345. The topological polar surface area (TPSA) is 20.2 Å². The Morgan fingerprint density at radius 2 is 1.94 bits per heavy atom. The summed E-state index contributed by atoms with van der Waals surface area (Å²) in [5, 5.41) is 10.2. The van der Waals surface area contributed by atoms with E-state index in [9.17, 15) is 5.11 Å². The Hall–Kier alpha value is -1.26. The molecule has 0 saturated heterocycles.